The van der Waals surface area contributed by atoms with Gasteiger partial charge in [-0.2, -0.15) is 0 Å². The molecule has 15 heavy (non-hydrogen) atoms. The zero-order valence-electron chi connectivity index (χ0n) is 9.92. The van der Waals surface area contributed by atoms with Gasteiger partial charge in [-0.05, 0) is 47.8 Å². The second kappa shape index (κ2) is 2.06. The van der Waals surface area contributed by atoms with Crippen LogP contribution in [0.4, 0.5) is 0 Å². The predicted octanol–water partition coefficient (Wildman–Crippen LogP) is 2.89. The first-order valence-electron chi connectivity index (χ1n) is 6.54. The monoisotopic (exact) mass is 204 g/mol. The van der Waals surface area contributed by atoms with Gasteiger partial charge in [0.2, 0.25) is 0 Å². The second-order valence-corrected chi connectivity index (χ2v) is 7.29. The molecule has 4 fully saturated rings. The maximum absolute atomic E-state index is 12.3. The van der Waals surface area contributed by atoms with E-state index >= 15 is 0 Å². The van der Waals surface area contributed by atoms with Crippen LogP contribution >= 0.6 is 0 Å². The van der Waals surface area contributed by atoms with Gasteiger partial charge < -0.3 is 0 Å². The maximum atomic E-state index is 12.3. The Labute approximate surface area is 91.6 Å². The van der Waals surface area contributed by atoms with Crippen LogP contribution in [0, 0.1) is 40.4 Å². The number of hydrogen-bond acceptors (Lipinski definition) is 1. The van der Waals surface area contributed by atoms with Crippen LogP contribution in [0.3, 0.4) is 0 Å². The van der Waals surface area contributed by atoms with Crippen LogP contribution in [-0.2, 0) is 4.79 Å². The number of carbonyl (C=O) groups excluding carboxylic acids is 1. The summed E-state index contributed by atoms with van der Waals surface area (Å²) in [4.78, 5) is 12.3. The molecule has 4 saturated carbocycles. The Morgan fingerprint density at radius 3 is 2.67 bits per heavy atom. The quantitative estimate of drug-likeness (QED) is 0.593. The Hall–Kier alpha value is -0.330. The molecule has 6 atom stereocenters. The third-order valence-electron chi connectivity index (χ3n) is 6.43. The largest absolute Gasteiger partial charge is 0.299 e. The first-order valence-corrected chi connectivity index (χ1v) is 6.54. The van der Waals surface area contributed by atoms with Crippen molar-refractivity contribution in [2.75, 3.05) is 0 Å². The second-order valence-electron chi connectivity index (χ2n) is 7.29. The average molecular weight is 204 g/mol. The van der Waals surface area contributed by atoms with Gasteiger partial charge in [-0.1, -0.05) is 20.8 Å². The molecule has 0 amide bonds. The van der Waals surface area contributed by atoms with Crippen molar-refractivity contribution in [3.63, 3.8) is 0 Å². The molecule has 0 unspecified atom stereocenters. The average Bonchev–Trinajstić information content (AvgIpc) is 2.71. The van der Waals surface area contributed by atoms with Gasteiger partial charge >= 0.3 is 0 Å². The Balaban J connectivity index is 1.90. The summed E-state index contributed by atoms with van der Waals surface area (Å²) in [5, 5.41) is 0. The number of Topliss-reactive ketones (excluding diaryl/α,β-unsaturated/α-hetero) is 1. The molecule has 82 valence electrons. The summed E-state index contributed by atoms with van der Waals surface area (Å²) < 4.78 is 0. The molecule has 0 heterocycles. The number of hydrogen-bond donors (Lipinski definition) is 0. The van der Waals surface area contributed by atoms with E-state index in [0.717, 1.165) is 17.8 Å². The molecule has 4 aliphatic carbocycles. The highest BCUT2D eigenvalue weighted by atomic mass is 16.1. The molecule has 1 heteroatoms. The molecule has 0 bridgehead atoms. The highest BCUT2D eigenvalue weighted by Crippen LogP contribution is 2.84. The molecule has 1 spiro atoms. The van der Waals surface area contributed by atoms with Gasteiger partial charge in [0.25, 0.3) is 0 Å². The van der Waals surface area contributed by atoms with Gasteiger partial charge in [0.15, 0.2) is 0 Å². The lowest BCUT2D eigenvalue weighted by atomic mass is 9.69. The minimum atomic E-state index is 0.457. The molecular formula is C14H20O. The molecule has 0 aromatic carbocycles. The van der Waals surface area contributed by atoms with Crippen molar-refractivity contribution in [1.29, 1.82) is 0 Å². The summed E-state index contributed by atoms with van der Waals surface area (Å²) in [6.07, 6.45) is 3.85. The summed E-state index contributed by atoms with van der Waals surface area (Å²) in [7, 11) is 0. The smallest absolute Gasteiger partial charge is 0.140 e. The fourth-order valence-electron chi connectivity index (χ4n) is 6.13. The van der Waals surface area contributed by atoms with E-state index in [9.17, 15) is 4.79 Å². The number of ketones is 1. The Morgan fingerprint density at radius 2 is 1.93 bits per heavy atom. The first kappa shape index (κ1) is 8.78. The Kier molecular flexibility index (Phi) is 1.20. The van der Waals surface area contributed by atoms with Crippen LogP contribution in [0.2, 0.25) is 0 Å². The lowest BCUT2D eigenvalue weighted by molar-refractivity contribution is -0.124. The van der Waals surface area contributed by atoms with Crippen LogP contribution in [0.1, 0.15) is 40.0 Å². The standard InChI is InChI=1S/C14H20O/c1-7-4-5-8-12(15)9-10-11(9)14(7,8)6-13(10,2)3/h7-11H,4-6H2,1-3H3/t7-,8+,9-,10+,11-,14+/m1/s1. The van der Waals surface area contributed by atoms with Crippen molar-refractivity contribution in [2.24, 2.45) is 40.4 Å². The third kappa shape index (κ3) is 0.671. The van der Waals surface area contributed by atoms with Crippen LogP contribution < -0.4 is 0 Å². The van der Waals surface area contributed by atoms with Crippen molar-refractivity contribution in [3.8, 4) is 0 Å². The zero-order valence-corrected chi connectivity index (χ0v) is 9.92. The lowest BCUT2D eigenvalue weighted by Gasteiger charge is -2.34. The summed E-state index contributed by atoms with van der Waals surface area (Å²) in [5.41, 5.74) is 0.925. The molecular weight excluding hydrogens is 184 g/mol. The highest BCUT2D eigenvalue weighted by molar-refractivity contribution is 5.92. The van der Waals surface area contributed by atoms with E-state index in [-0.39, 0.29) is 0 Å². The lowest BCUT2D eigenvalue weighted by Crippen LogP contribution is -2.31. The Morgan fingerprint density at radius 1 is 1.20 bits per heavy atom. The Bertz CT molecular complexity index is 370. The summed E-state index contributed by atoms with van der Waals surface area (Å²) >= 11 is 0. The molecule has 4 aliphatic rings. The summed E-state index contributed by atoms with van der Waals surface area (Å²) in [5.74, 6) is 4.03. The molecule has 1 nitrogen and oxygen atoms in total. The van der Waals surface area contributed by atoms with Gasteiger partial charge in [-0.15, -0.1) is 0 Å². The van der Waals surface area contributed by atoms with Gasteiger partial charge in [0.05, 0.1) is 0 Å². The summed E-state index contributed by atoms with van der Waals surface area (Å²) in [6.45, 7) is 7.21. The SMILES string of the molecule is C[C@@H]1CC[C@H]2C(=O)[C@@H]3[C@H]4[C@@H]3[C@@]12CC4(C)C. The van der Waals surface area contributed by atoms with Gasteiger partial charge in [0, 0.05) is 11.8 Å². The molecule has 0 N–H and O–H groups in total. The minimum Gasteiger partial charge on any atom is -0.299 e. The third-order valence-corrected chi connectivity index (χ3v) is 6.43. The van der Waals surface area contributed by atoms with E-state index < -0.39 is 0 Å². The van der Waals surface area contributed by atoms with Crippen LogP contribution in [-0.4, -0.2) is 5.78 Å². The van der Waals surface area contributed by atoms with Crippen molar-refractivity contribution in [2.45, 2.75) is 40.0 Å². The fraction of sp³-hybridized carbons (Fsp3) is 0.929. The minimum absolute atomic E-state index is 0.457. The first-order chi connectivity index (χ1) is 7.00. The van der Waals surface area contributed by atoms with E-state index in [0.29, 0.717) is 28.4 Å². The zero-order chi connectivity index (χ0) is 10.6. The van der Waals surface area contributed by atoms with E-state index in [4.69, 9.17) is 0 Å². The highest BCUT2D eigenvalue weighted by Gasteiger charge is 2.83. The van der Waals surface area contributed by atoms with E-state index in [2.05, 4.69) is 20.8 Å². The molecule has 0 saturated heterocycles. The van der Waals surface area contributed by atoms with Crippen LogP contribution in [0.25, 0.3) is 0 Å². The topological polar surface area (TPSA) is 17.1 Å². The molecule has 0 aliphatic heterocycles. The van der Waals surface area contributed by atoms with Crippen molar-refractivity contribution in [1.82, 2.24) is 0 Å². The molecule has 0 aromatic heterocycles. The number of rotatable bonds is 0. The normalized spacial score (nSPS) is 63.1. The maximum Gasteiger partial charge on any atom is 0.140 e. The van der Waals surface area contributed by atoms with Crippen molar-refractivity contribution < 1.29 is 4.79 Å². The summed E-state index contributed by atoms with van der Waals surface area (Å²) in [6, 6.07) is 0. The van der Waals surface area contributed by atoms with Gasteiger partial charge in [0.1, 0.15) is 5.78 Å². The van der Waals surface area contributed by atoms with Crippen molar-refractivity contribution in [3.05, 3.63) is 0 Å². The van der Waals surface area contributed by atoms with E-state index in [1.807, 2.05) is 0 Å². The van der Waals surface area contributed by atoms with Gasteiger partial charge in [-0.25, -0.2) is 0 Å². The van der Waals surface area contributed by atoms with Crippen LogP contribution in [0.15, 0.2) is 0 Å². The molecule has 0 aromatic rings. The molecule has 0 radical (unpaired) electrons. The number of fused-ring (bicyclic) bond motifs is 1. The van der Waals surface area contributed by atoms with Gasteiger partial charge in [-0.3, -0.25) is 4.79 Å². The number of carbonyl (C=O) groups is 1. The van der Waals surface area contributed by atoms with Crippen LogP contribution in [0.5, 0.6) is 0 Å². The molecule has 4 rings (SSSR count). The fourth-order valence-corrected chi connectivity index (χ4v) is 6.13. The van der Waals surface area contributed by atoms with E-state index in [1.165, 1.54) is 19.3 Å². The van der Waals surface area contributed by atoms with Crippen molar-refractivity contribution >= 4 is 5.78 Å². The predicted molar refractivity (Wildman–Crippen MR) is 58.2 cm³/mol. The van der Waals surface area contributed by atoms with E-state index in [1.54, 1.807) is 0 Å².